The number of nitrogens with zero attached hydrogens (tertiary/aromatic N) is 2. The molecule has 0 radical (unpaired) electrons. The average Bonchev–Trinajstić information content (AvgIpc) is 3.17. The lowest BCUT2D eigenvalue weighted by Crippen LogP contribution is -2.03. The number of hydrogen-bond acceptors (Lipinski definition) is 4. The minimum absolute atomic E-state index is 0.0503. The van der Waals surface area contributed by atoms with Gasteiger partial charge in [0.2, 0.25) is 11.5 Å². The van der Waals surface area contributed by atoms with Crippen LogP contribution in [0.2, 0.25) is 0 Å². The average molecular weight is 282 g/mol. The molecule has 21 heavy (non-hydrogen) atoms. The summed E-state index contributed by atoms with van der Waals surface area (Å²) in [5.74, 6) is -2.01. The first-order chi connectivity index (χ1) is 10.1. The van der Waals surface area contributed by atoms with Crippen molar-refractivity contribution in [3.8, 4) is 5.69 Å². The Hall–Kier alpha value is -3.15. The lowest BCUT2D eigenvalue weighted by molar-refractivity contribution is 0.0660. The highest BCUT2D eigenvalue weighted by Crippen LogP contribution is 2.14. The van der Waals surface area contributed by atoms with E-state index < -0.39 is 11.8 Å². The van der Waals surface area contributed by atoms with Gasteiger partial charge in [-0.1, -0.05) is 18.2 Å². The van der Waals surface area contributed by atoms with Crippen LogP contribution in [0.15, 0.2) is 59.1 Å². The van der Waals surface area contributed by atoms with E-state index in [2.05, 4.69) is 5.10 Å². The molecule has 0 unspecified atom stereocenters. The van der Waals surface area contributed by atoms with Gasteiger partial charge in [-0.3, -0.25) is 4.79 Å². The van der Waals surface area contributed by atoms with Crippen LogP contribution in [0.25, 0.3) is 5.69 Å². The van der Waals surface area contributed by atoms with Crippen LogP contribution in [-0.4, -0.2) is 26.6 Å². The standard InChI is InChI=1S/C15H10N2O4/c18-14(12-6-7-13(21-12)15(19)20)11-8-9-17(16-11)10-4-2-1-3-5-10/h1-9H,(H,19,20). The zero-order valence-corrected chi connectivity index (χ0v) is 10.8. The molecule has 0 atom stereocenters. The predicted molar refractivity (Wildman–Crippen MR) is 72.7 cm³/mol. The van der Waals surface area contributed by atoms with E-state index >= 15 is 0 Å². The van der Waals surface area contributed by atoms with Crippen molar-refractivity contribution in [2.24, 2.45) is 0 Å². The number of hydrogen-bond donors (Lipinski definition) is 1. The highest BCUT2D eigenvalue weighted by atomic mass is 16.4. The Morgan fingerprint density at radius 1 is 1.00 bits per heavy atom. The molecule has 6 nitrogen and oxygen atoms in total. The van der Waals surface area contributed by atoms with Crippen LogP contribution >= 0.6 is 0 Å². The molecule has 1 aromatic carbocycles. The van der Waals surface area contributed by atoms with Gasteiger partial charge in [0.1, 0.15) is 5.69 Å². The number of aromatic nitrogens is 2. The summed E-state index contributed by atoms with van der Waals surface area (Å²) >= 11 is 0. The Balaban J connectivity index is 1.89. The van der Waals surface area contributed by atoms with E-state index in [0.717, 1.165) is 5.69 Å². The van der Waals surface area contributed by atoms with Crippen LogP contribution < -0.4 is 0 Å². The normalized spacial score (nSPS) is 10.5. The van der Waals surface area contributed by atoms with Crippen molar-refractivity contribution in [1.82, 2.24) is 9.78 Å². The van der Waals surface area contributed by atoms with Gasteiger partial charge in [-0.05, 0) is 30.3 Å². The molecular weight excluding hydrogens is 272 g/mol. The van der Waals surface area contributed by atoms with E-state index in [1.54, 1.807) is 16.9 Å². The quantitative estimate of drug-likeness (QED) is 0.742. The monoisotopic (exact) mass is 282 g/mol. The summed E-state index contributed by atoms with van der Waals surface area (Å²) in [5, 5.41) is 12.9. The van der Waals surface area contributed by atoms with Crippen LogP contribution in [-0.2, 0) is 0 Å². The molecule has 3 aromatic rings. The third-order valence-corrected chi connectivity index (χ3v) is 2.88. The largest absolute Gasteiger partial charge is 0.475 e. The number of rotatable bonds is 4. The Bertz CT molecular complexity index is 802. The first-order valence-corrected chi connectivity index (χ1v) is 6.14. The highest BCUT2D eigenvalue weighted by molar-refractivity contribution is 6.06. The lowest BCUT2D eigenvalue weighted by atomic mass is 10.2. The molecule has 0 bridgehead atoms. The van der Waals surface area contributed by atoms with Gasteiger partial charge < -0.3 is 9.52 Å². The predicted octanol–water partition coefficient (Wildman–Crippen LogP) is 2.39. The van der Waals surface area contributed by atoms with E-state index in [-0.39, 0.29) is 17.2 Å². The fraction of sp³-hybridized carbons (Fsp3) is 0. The van der Waals surface area contributed by atoms with Crippen molar-refractivity contribution in [1.29, 1.82) is 0 Å². The summed E-state index contributed by atoms with van der Waals surface area (Å²) in [6, 6.07) is 13.5. The maximum Gasteiger partial charge on any atom is 0.371 e. The molecule has 2 aromatic heterocycles. The molecule has 104 valence electrons. The number of aromatic carboxylic acids is 1. The van der Waals surface area contributed by atoms with Crippen molar-refractivity contribution in [3.05, 3.63) is 71.9 Å². The second-order valence-corrected chi connectivity index (χ2v) is 4.28. The maximum absolute atomic E-state index is 12.2. The first kappa shape index (κ1) is 12.9. The number of carbonyl (C=O) groups is 2. The van der Waals surface area contributed by atoms with Crippen molar-refractivity contribution < 1.29 is 19.1 Å². The molecule has 0 aliphatic rings. The maximum atomic E-state index is 12.2. The third-order valence-electron chi connectivity index (χ3n) is 2.88. The Morgan fingerprint density at radius 2 is 1.71 bits per heavy atom. The van der Waals surface area contributed by atoms with Crippen molar-refractivity contribution in [3.63, 3.8) is 0 Å². The molecule has 0 saturated heterocycles. The number of furan rings is 1. The molecule has 6 heteroatoms. The number of carboxylic acid groups (broad SMARTS) is 1. The van der Waals surface area contributed by atoms with Crippen LogP contribution in [0.5, 0.6) is 0 Å². The van der Waals surface area contributed by atoms with Crippen molar-refractivity contribution >= 4 is 11.8 Å². The first-order valence-electron chi connectivity index (χ1n) is 6.14. The van der Waals surface area contributed by atoms with Gasteiger partial charge in [0.05, 0.1) is 5.69 Å². The van der Waals surface area contributed by atoms with E-state index in [1.807, 2.05) is 30.3 Å². The van der Waals surface area contributed by atoms with Gasteiger partial charge in [0.25, 0.3) is 0 Å². The number of carboxylic acids is 1. The summed E-state index contributed by atoms with van der Waals surface area (Å²) in [6.07, 6.45) is 1.66. The Kier molecular flexibility index (Phi) is 3.12. The molecule has 2 heterocycles. The third kappa shape index (κ3) is 2.46. The van der Waals surface area contributed by atoms with Gasteiger partial charge in [-0.15, -0.1) is 0 Å². The molecular formula is C15H10N2O4. The minimum Gasteiger partial charge on any atom is -0.475 e. The van der Waals surface area contributed by atoms with Gasteiger partial charge in [-0.25, -0.2) is 9.48 Å². The van der Waals surface area contributed by atoms with Crippen LogP contribution in [0.1, 0.15) is 26.8 Å². The minimum atomic E-state index is -1.22. The molecule has 0 aliphatic carbocycles. The lowest BCUT2D eigenvalue weighted by Gasteiger charge is -1.99. The van der Waals surface area contributed by atoms with E-state index in [9.17, 15) is 9.59 Å². The van der Waals surface area contributed by atoms with Crippen LogP contribution in [0.3, 0.4) is 0 Å². The Labute approximate surface area is 119 Å². The van der Waals surface area contributed by atoms with Gasteiger partial charge in [0, 0.05) is 6.20 Å². The van der Waals surface area contributed by atoms with E-state index in [1.165, 1.54) is 12.1 Å². The number of ketones is 1. The number of benzene rings is 1. The molecule has 1 N–H and O–H groups in total. The molecule has 0 amide bonds. The topological polar surface area (TPSA) is 85.3 Å². The van der Waals surface area contributed by atoms with Gasteiger partial charge in [0.15, 0.2) is 5.76 Å². The van der Waals surface area contributed by atoms with Gasteiger partial charge >= 0.3 is 5.97 Å². The smallest absolute Gasteiger partial charge is 0.371 e. The molecule has 0 fully saturated rings. The summed E-state index contributed by atoms with van der Waals surface area (Å²) < 4.78 is 6.54. The second-order valence-electron chi connectivity index (χ2n) is 4.28. The number of para-hydroxylation sites is 1. The van der Waals surface area contributed by atoms with E-state index in [4.69, 9.17) is 9.52 Å². The van der Waals surface area contributed by atoms with Crippen molar-refractivity contribution in [2.45, 2.75) is 0 Å². The summed E-state index contributed by atoms with van der Waals surface area (Å²) in [5.41, 5.74) is 1.01. The highest BCUT2D eigenvalue weighted by Gasteiger charge is 2.18. The number of carbonyl (C=O) groups excluding carboxylic acids is 1. The van der Waals surface area contributed by atoms with Crippen molar-refractivity contribution in [2.75, 3.05) is 0 Å². The fourth-order valence-electron chi connectivity index (χ4n) is 1.87. The SMILES string of the molecule is O=C(O)c1ccc(C(=O)c2ccn(-c3ccccc3)n2)o1. The molecule has 0 aliphatic heterocycles. The second kappa shape index (κ2) is 5.09. The molecule has 3 rings (SSSR count). The fourth-order valence-corrected chi connectivity index (χ4v) is 1.87. The molecule has 0 saturated carbocycles. The summed E-state index contributed by atoms with van der Waals surface area (Å²) in [7, 11) is 0. The van der Waals surface area contributed by atoms with Crippen LogP contribution in [0, 0.1) is 0 Å². The Morgan fingerprint density at radius 3 is 2.38 bits per heavy atom. The van der Waals surface area contributed by atoms with E-state index in [0.29, 0.717) is 0 Å². The van der Waals surface area contributed by atoms with Crippen LogP contribution in [0.4, 0.5) is 0 Å². The van der Waals surface area contributed by atoms with Gasteiger partial charge in [-0.2, -0.15) is 5.10 Å². The summed E-state index contributed by atoms with van der Waals surface area (Å²) in [6.45, 7) is 0. The molecule has 0 spiro atoms. The summed E-state index contributed by atoms with van der Waals surface area (Å²) in [4.78, 5) is 22.9. The zero-order chi connectivity index (χ0) is 14.8. The zero-order valence-electron chi connectivity index (χ0n) is 10.8.